The third kappa shape index (κ3) is 7.40. The summed E-state index contributed by atoms with van der Waals surface area (Å²) < 4.78 is 10.4. The Labute approximate surface area is 191 Å². The first kappa shape index (κ1) is 24.4. The number of anilines is 1. The van der Waals surface area contributed by atoms with Gasteiger partial charge in [0.25, 0.3) is 5.91 Å². The molecule has 0 bridgehead atoms. The Balaban J connectivity index is 1.83. The number of amides is 3. The number of hydrogen-bond donors (Lipinski definition) is 4. The van der Waals surface area contributed by atoms with Gasteiger partial charge in [-0.25, -0.2) is 0 Å². The summed E-state index contributed by atoms with van der Waals surface area (Å²) in [4.78, 5) is 35.6. The zero-order chi connectivity index (χ0) is 23.5. The molecule has 0 spiro atoms. The van der Waals surface area contributed by atoms with E-state index in [1.54, 1.807) is 55.5 Å². The van der Waals surface area contributed by atoms with Crippen molar-refractivity contribution in [1.82, 2.24) is 16.2 Å². The molecule has 0 heterocycles. The molecule has 0 radical (unpaired) electrons. The predicted molar refractivity (Wildman–Crippen MR) is 125 cm³/mol. The highest BCUT2D eigenvalue weighted by molar-refractivity contribution is 7.80. The molecule has 168 valence electrons. The number of hydrazine groups is 1. The quantitative estimate of drug-likeness (QED) is 0.287. The molecule has 0 aliphatic heterocycles. The molecule has 0 saturated heterocycles. The molecule has 4 N–H and O–H groups in total. The summed E-state index contributed by atoms with van der Waals surface area (Å²) in [6, 6.07) is 11.5. The Morgan fingerprint density at radius 1 is 0.969 bits per heavy atom. The van der Waals surface area contributed by atoms with Gasteiger partial charge in [-0.2, -0.15) is 0 Å². The van der Waals surface area contributed by atoms with Crippen LogP contribution >= 0.6 is 12.2 Å². The maximum absolute atomic E-state index is 12.2. The monoisotopic (exact) mass is 456 g/mol. The number of hydrogen-bond acceptors (Lipinski definition) is 6. The van der Waals surface area contributed by atoms with E-state index in [0.717, 1.165) is 5.56 Å². The summed E-state index contributed by atoms with van der Waals surface area (Å²) in [6.45, 7) is 1.75. The van der Waals surface area contributed by atoms with Crippen molar-refractivity contribution in [3.05, 3.63) is 59.7 Å². The van der Waals surface area contributed by atoms with E-state index in [0.29, 0.717) is 29.2 Å². The van der Waals surface area contributed by atoms with Crippen LogP contribution in [0.3, 0.4) is 0 Å². The van der Waals surface area contributed by atoms with Gasteiger partial charge in [0.05, 0.1) is 14.2 Å². The molecule has 10 heteroatoms. The van der Waals surface area contributed by atoms with Crippen molar-refractivity contribution in [2.45, 2.75) is 13.3 Å². The molecule has 0 aromatic heterocycles. The Morgan fingerprint density at radius 2 is 1.66 bits per heavy atom. The van der Waals surface area contributed by atoms with E-state index in [1.807, 2.05) is 0 Å². The zero-order valence-corrected chi connectivity index (χ0v) is 18.7. The van der Waals surface area contributed by atoms with Crippen LogP contribution in [-0.2, 0) is 9.59 Å². The molecule has 0 aliphatic carbocycles. The predicted octanol–water partition coefficient (Wildman–Crippen LogP) is 2.40. The van der Waals surface area contributed by atoms with Gasteiger partial charge in [-0.1, -0.05) is 13.0 Å². The average molecular weight is 457 g/mol. The highest BCUT2D eigenvalue weighted by Crippen LogP contribution is 2.27. The molecular formula is C22H24N4O5S. The second kappa shape index (κ2) is 12.1. The van der Waals surface area contributed by atoms with Crippen LogP contribution in [0, 0.1) is 0 Å². The van der Waals surface area contributed by atoms with Crippen LogP contribution in [-0.4, -0.2) is 37.1 Å². The molecule has 32 heavy (non-hydrogen) atoms. The van der Waals surface area contributed by atoms with Crippen LogP contribution in [0.25, 0.3) is 6.08 Å². The number of carbonyl (C=O) groups is 3. The molecule has 0 unspecified atom stereocenters. The molecule has 9 nitrogen and oxygen atoms in total. The summed E-state index contributed by atoms with van der Waals surface area (Å²) in [5, 5.41) is 5.04. The maximum Gasteiger partial charge on any atom is 0.269 e. The first-order chi connectivity index (χ1) is 15.4. The third-order valence-electron chi connectivity index (χ3n) is 4.11. The number of thiocarbonyl (C=S) groups is 1. The van der Waals surface area contributed by atoms with Gasteiger partial charge >= 0.3 is 0 Å². The Hall–Kier alpha value is -3.92. The highest BCUT2D eigenvalue weighted by Gasteiger charge is 2.08. The summed E-state index contributed by atoms with van der Waals surface area (Å²) in [5.41, 5.74) is 6.51. The zero-order valence-electron chi connectivity index (χ0n) is 17.9. The molecule has 0 fully saturated rings. The van der Waals surface area contributed by atoms with Gasteiger partial charge in [-0.15, -0.1) is 0 Å². The molecule has 0 atom stereocenters. The highest BCUT2D eigenvalue weighted by atomic mass is 32.1. The molecule has 0 saturated carbocycles. The van der Waals surface area contributed by atoms with Crippen LogP contribution in [0.4, 0.5) is 5.69 Å². The van der Waals surface area contributed by atoms with Gasteiger partial charge in [-0.3, -0.25) is 30.6 Å². The van der Waals surface area contributed by atoms with Crippen molar-refractivity contribution < 1.29 is 23.9 Å². The fourth-order valence-electron chi connectivity index (χ4n) is 2.45. The van der Waals surface area contributed by atoms with E-state index in [9.17, 15) is 14.4 Å². The third-order valence-corrected chi connectivity index (χ3v) is 4.32. The van der Waals surface area contributed by atoms with Crippen molar-refractivity contribution in [3.8, 4) is 11.5 Å². The lowest BCUT2D eigenvalue weighted by atomic mass is 10.2. The van der Waals surface area contributed by atoms with E-state index >= 15 is 0 Å². The number of carbonyl (C=O) groups excluding carboxylic acids is 3. The first-order valence-electron chi connectivity index (χ1n) is 9.57. The van der Waals surface area contributed by atoms with Crippen LogP contribution < -0.4 is 31.0 Å². The van der Waals surface area contributed by atoms with Gasteiger partial charge < -0.3 is 14.8 Å². The van der Waals surface area contributed by atoms with Gasteiger partial charge in [0.15, 0.2) is 16.6 Å². The van der Waals surface area contributed by atoms with Crippen molar-refractivity contribution in [1.29, 1.82) is 0 Å². The Bertz CT molecular complexity index is 1020. The number of ether oxygens (including phenoxy) is 2. The molecule has 3 amide bonds. The minimum absolute atomic E-state index is 0.0767. The summed E-state index contributed by atoms with van der Waals surface area (Å²) in [6.07, 6.45) is 3.23. The second-order valence-electron chi connectivity index (χ2n) is 6.32. The van der Waals surface area contributed by atoms with E-state index in [2.05, 4.69) is 21.5 Å². The fourth-order valence-corrected chi connectivity index (χ4v) is 2.60. The lowest BCUT2D eigenvalue weighted by molar-refractivity contribution is -0.116. The topological polar surface area (TPSA) is 118 Å². The minimum Gasteiger partial charge on any atom is -0.493 e. The normalized spacial score (nSPS) is 10.2. The number of nitrogens with one attached hydrogen (secondary N) is 4. The van der Waals surface area contributed by atoms with Gasteiger partial charge in [-0.05, 0) is 60.3 Å². The van der Waals surface area contributed by atoms with E-state index in [-0.39, 0.29) is 11.0 Å². The number of benzene rings is 2. The molecule has 2 aromatic carbocycles. The van der Waals surface area contributed by atoms with Gasteiger partial charge in [0.2, 0.25) is 11.8 Å². The smallest absolute Gasteiger partial charge is 0.269 e. The van der Waals surface area contributed by atoms with E-state index in [4.69, 9.17) is 21.7 Å². The molecule has 0 aliphatic rings. The van der Waals surface area contributed by atoms with Gasteiger partial charge in [0.1, 0.15) is 0 Å². The van der Waals surface area contributed by atoms with Crippen LogP contribution in [0.5, 0.6) is 11.5 Å². The number of rotatable bonds is 7. The average Bonchev–Trinajstić information content (AvgIpc) is 2.81. The number of methoxy groups -OCH3 is 2. The Morgan fingerprint density at radius 3 is 2.28 bits per heavy atom. The molecule has 2 rings (SSSR count). The SMILES string of the molecule is CCC(=O)Nc1ccc(C(=O)NNC(=S)NC(=O)C=Cc2ccc(OC)c(OC)c2)cc1. The lowest BCUT2D eigenvalue weighted by Gasteiger charge is -2.10. The first-order valence-corrected chi connectivity index (χ1v) is 9.98. The standard InChI is InChI=1S/C22H24N4O5S/c1-4-19(27)23-16-9-7-15(8-10-16)21(29)25-26-22(32)24-20(28)12-6-14-5-11-17(30-2)18(13-14)31-3/h5-13H,4H2,1-3H3,(H,23,27)(H,25,29)(H2,24,26,28,32). The van der Waals surface area contributed by atoms with Crippen LogP contribution in [0.15, 0.2) is 48.5 Å². The summed E-state index contributed by atoms with van der Waals surface area (Å²) >= 11 is 5.01. The Kier molecular flexibility index (Phi) is 9.18. The van der Waals surface area contributed by atoms with Crippen LogP contribution in [0.2, 0.25) is 0 Å². The van der Waals surface area contributed by atoms with Crippen molar-refractivity contribution in [3.63, 3.8) is 0 Å². The van der Waals surface area contributed by atoms with Crippen molar-refractivity contribution in [2.75, 3.05) is 19.5 Å². The van der Waals surface area contributed by atoms with E-state index in [1.165, 1.54) is 20.3 Å². The summed E-state index contributed by atoms with van der Waals surface area (Å²) in [5.74, 6) is 0.0508. The molecular weight excluding hydrogens is 432 g/mol. The summed E-state index contributed by atoms with van der Waals surface area (Å²) in [7, 11) is 3.06. The molecule has 2 aromatic rings. The van der Waals surface area contributed by atoms with Crippen LogP contribution in [0.1, 0.15) is 29.3 Å². The van der Waals surface area contributed by atoms with Gasteiger partial charge in [0, 0.05) is 23.7 Å². The van der Waals surface area contributed by atoms with Crippen molar-refractivity contribution >= 4 is 46.8 Å². The minimum atomic E-state index is -0.484. The van der Waals surface area contributed by atoms with Crippen molar-refractivity contribution in [2.24, 2.45) is 0 Å². The second-order valence-corrected chi connectivity index (χ2v) is 6.73. The van der Waals surface area contributed by atoms with E-state index < -0.39 is 11.8 Å². The maximum atomic E-state index is 12.2. The fraction of sp³-hybridized carbons (Fsp3) is 0.182. The lowest BCUT2D eigenvalue weighted by Crippen LogP contribution is -2.48. The largest absolute Gasteiger partial charge is 0.493 e.